The molecule has 32 heavy (non-hydrogen) atoms. The van der Waals surface area contributed by atoms with Crippen molar-refractivity contribution in [1.29, 1.82) is 0 Å². The van der Waals surface area contributed by atoms with Crippen molar-refractivity contribution in [3.8, 4) is 0 Å². The molecule has 2 fully saturated rings. The van der Waals surface area contributed by atoms with Crippen LogP contribution in [0.3, 0.4) is 0 Å². The fourth-order valence-electron chi connectivity index (χ4n) is 5.28. The summed E-state index contributed by atoms with van der Waals surface area (Å²) in [5.41, 5.74) is 0.852. The Morgan fingerprint density at radius 1 is 1.16 bits per heavy atom. The lowest BCUT2D eigenvalue weighted by atomic mass is 9.99. The summed E-state index contributed by atoms with van der Waals surface area (Å²) in [5.74, 6) is -0.216. The van der Waals surface area contributed by atoms with Crippen LogP contribution in [-0.2, 0) is 25.4 Å². The van der Waals surface area contributed by atoms with Crippen LogP contribution in [0, 0.1) is 0 Å². The zero-order valence-corrected chi connectivity index (χ0v) is 19.1. The predicted molar refractivity (Wildman–Crippen MR) is 121 cm³/mol. The maximum atomic E-state index is 12.6. The van der Waals surface area contributed by atoms with Gasteiger partial charge in [0, 0.05) is 57.5 Å². The van der Waals surface area contributed by atoms with Gasteiger partial charge in [-0.3, -0.25) is 18.8 Å². The van der Waals surface area contributed by atoms with Gasteiger partial charge in [-0.1, -0.05) is 0 Å². The summed E-state index contributed by atoms with van der Waals surface area (Å²) >= 11 is 1.50. The Hall–Kier alpha value is -2.72. The van der Waals surface area contributed by atoms with Crippen LogP contribution < -0.4 is 11.2 Å². The first-order valence-corrected chi connectivity index (χ1v) is 12.0. The second-order valence-electron chi connectivity index (χ2n) is 8.80. The molecule has 2 aliphatic rings. The van der Waals surface area contributed by atoms with Crippen molar-refractivity contribution in [2.45, 2.75) is 56.8 Å². The lowest BCUT2D eigenvalue weighted by Gasteiger charge is -2.38. The van der Waals surface area contributed by atoms with Crippen molar-refractivity contribution < 1.29 is 9.53 Å². The summed E-state index contributed by atoms with van der Waals surface area (Å²) in [6, 6.07) is 2.67. The molecular formula is C22H27N5O4S. The van der Waals surface area contributed by atoms with E-state index >= 15 is 0 Å². The predicted octanol–water partition coefficient (Wildman–Crippen LogP) is 1.74. The summed E-state index contributed by atoms with van der Waals surface area (Å²) in [4.78, 5) is 43.9. The lowest BCUT2D eigenvalue weighted by Crippen LogP contribution is -2.46. The summed E-state index contributed by atoms with van der Waals surface area (Å²) in [6.45, 7) is 1.59. The Balaban J connectivity index is 1.21. The van der Waals surface area contributed by atoms with Crippen LogP contribution >= 0.6 is 11.3 Å². The fourth-order valence-corrected chi connectivity index (χ4v) is 5.90. The molecule has 0 saturated carbocycles. The van der Waals surface area contributed by atoms with E-state index in [-0.39, 0.29) is 23.3 Å². The van der Waals surface area contributed by atoms with Crippen LogP contribution in [0.4, 0.5) is 0 Å². The number of nitrogens with zero attached hydrogens (tertiary/aromatic N) is 5. The number of fused-ring (bicyclic) bond motifs is 3. The highest BCUT2D eigenvalue weighted by Crippen LogP contribution is 2.37. The van der Waals surface area contributed by atoms with Gasteiger partial charge in [0.05, 0.1) is 11.9 Å². The molecule has 0 N–H and O–H groups in total. The number of esters is 1. The molecule has 3 aromatic heterocycles. The van der Waals surface area contributed by atoms with Gasteiger partial charge >= 0.3 is 11.7 Å². The van der Waals surface area contributed by atoms with Crippen molar-refractivity contribution in [3.63, 3.8) is 0 Å². The van der Waals surface area contributed by atoms with Crippen molar-refractivity contribution in [2.24, 2.45) is 14.1 Å². The molecule has 0 aromatic carbocycles. The zero-order chi connectivity index (χ0) is 22.4. The van der Waals surface area contributed by atoms with Gasteiger partial charge in [-0.2, -0.15) is 11.3 Å². The number of rotatable bonds is 6. The van der Waals surface area contributed by atoms with Gasteiger partial charge in [0.15, 0.2) is 11.2 Å². The summed E-state index contributed by atoms with van der Waals surface area (Å²) in [7, 11) is 3.13. The molecule has 0 amide bonds. The number of aromatic nitrogens is 4. The highest BCUT2D eigenvalue weighted by Gasteiger charge is 2.41. The van der Waals surface area contributed by atoms with E-state index in [0.717, 1.165) is 43.2 Å². The topological polar surface area (TPSA) is 91.4 Å². The minimum atomic E-state index is -0.369. The quantitative estimate of drug-likeness (QED) is 0.524. The van der Waals surface area contributed by atoms with Gasteiger partial charge in [-0.15, -0.1) is 0 Å². The highest BCUT2D eigenvalue weighted by atomic mass is 32.1. The van der Waals surface area contributed by atoms with Crippen LogP contribution in [0.25, 0.3) is 11.2 Å². The van der Waals surface area contributed by atoms with Gasteiger partial charge in [-0.05, 0) is 30.7 Å². The maximum Gasteiger partial charge on any atom is 0.339 e. The van der Waals surface area contributed by atoms with Crippen LogP contribution in [0.15, 0.2) is 32.7 Å². The molecule has 5 heterocycles. The van der Waals surface area contributed by atoms with E-state index in [1.54, 1.807) is 13.4 Å². The molecule has 3 aromatic rings. The third kappa shape index (κ3) is 3.61. The Labute approximate surface area is 188 Å². The van der Waals surface area contributed by atoms with Crippen LogP contribution in [0.5, 0.6) is 0 Å². The zero-order valence-electron chi connectivity index (χ0n) is 18.3. The average molecular weight is 458 g/mol. The average Bonchev–Trinajstić information content (AvgIpc) is 3.50. The number of carbonyl (C=O) groups excluding carboxylic acids is 1. The first kappa shape index (κ1) is 21.1. The minimum Gasteiger partial charge on any atom is -0.459 e. The molecule has 0 aliphatic carbocycles. The first-order valence-electron chi connectivity index (χ1n) is 11.0. The van der Waals surface area contributed by atoms with Crippen molar-refractivity contribution >= 4 is 28.5 Å². The molecule has 170 valence electrons. The molecule has 2 saturated heterocycles. The highest BCUT2D eigenvalue weighted by molar-refractivity contribution is 7.08. The SMILES string of the molecule is Cn1c(=O)c2c(ncn2CCCN2C3CCC2CC(OC(=O)c2ccsc2)C3)n(C)c1=O. The summed E-state index contributed by atoms with van der Waals surface area (Å²) in [6.07, 6.45) is 6.53. The van der Waals surface area contributed by atoms with Crippen LogP contribution in [0.1, 0.15) is 42.5 Å². The second kappa shape index (κ2) is 8.32. The molecule has 0 radical (unpaired) electrons. The van der Waals surface area contributed by atoms with E-state index in [4.69, 9.17) is 4.74 Å². The molecule has 2 unspecified atom stereocenters. The molecule has 0 spiro atoms. The normalized spacial score (nSPS) is 23.1. The minimum absolute atomic E-state index is 0.0157. The first-order chi connectivity index (χ1) is 15.4. The van der Waals surface area contributed by atoms with E-state index in [2.05, 4.69) is 9.88 Å². The number of imidazole rings is 1. The van der Waals surface area contributed by atoms with Gasteiger partial charge in [0.2, 0.25) is 0 Å². The van der Waals surface area contributed by atoms with Gasteiger partial charge in [0.25, 0.3) is 5.56 Å². The van der Waals surface area contributed by atoms with Crippen molar-refractivity contribution in [3.05, 3.63) is 49.6 Å². The number of piperidine rings is 1. The van der Waals surface area contributed by atoms with E-state index in [1.165, 1.54) is 23.0 Å². The van der Waals surface area contributed by atoms with Crippen molar-refractivity contribution in [2.75, 3.05) is 6.54 Å². The summed E-state index contributed by atoms with van der Waals surface area (Å²) < 4.78 is 10.2. The number of ether oxygens (including phenoxy) is 1. The number of hydrogen-bond acceptors (Lipinski definition) is 7. The molecule has 2 bridgehead atoms. The maximum absolute atomic E-state index is 12.6. The van der Waals surface area contributed by atoms with E-state index in [1.807, 2.05) is 21.4 Å². The molecule has 10 heteroatoms. The van der Waals surface area contributed by atoms with Crippen LogP contribution in [-0.4, -0.2) is 54.3 Å². The lowest BCUT2D eigenvalue weighted by molar-refractivity contribution is -0.00635. The van der Waals surface area contributed by atoms with E-state index in [9.17, 15) is 14.4 Å². The monoisotopic (exact) mass is 457 g/mol. The van der Waals surface area contributed by atoms with Gasteiger partial charge in [0.1, 0.15) is 6.10 Å². The van der Waals surface area contributed by atoms with Crippen molar-refractivity contribution in [1.82, 2.24) is 23.6 Å². The van der Waals surface area contributed by atoms with Gasteiger partial charge in [-0.25, -0.2) is 14.6 Å². The number of carbonyl (C=O) groups is 1. The Bertz CT molecular complexity index is 1240. The number of aryl methyl sites for hydroxylation is 2. The number of thiophene rings is 1. The van der Waals surface area contributed by atoms with E-state index < -0.39 is 0 Å². The van der Waals surface area contributed by atoms with E-state index in [0.29, 0.717) is 35.4 Å². The molecule has 2 aliphatic heterocycles. The smallest absolute Gasteiger partial charge is 0.339 e. The third-order valence-corrected chi connectivity index (χ3v) is 7.59. The third-order valence-electron chi connectivity index (χ3n) is 6.90. The Morgan fingerprint density at radius 3 is 2.59 bits per heavy atom. The van der Waals surface area contributed by atoms with Crippen LogP contribution in [0.2, 0.25) is 0 Å². The molecule has 5 rings (SSSR count). The standard InChI is InChI=1S/C22H27N5O4S/c1-24-19-18(20(28)25(2)22(24)30)26(13-23-19)7-3-8-27-15-4-5-16(27)11-17(10-15)31-21(29)14-6-9-32-12-14/h6,9,12-13,15-17H,3-5,7-8,10-11H2,1-2H3. The number of hydrogen-bond donors (Lipinski definition) is 0. The van der Waals surface area contributed by atoms with Gasteiger partial charge < -0.3 is 9.30 Å². The summed E-state index contributed by atoms with van der Waals surface area (Å²) in [5, 5.41) is 3.72. The largest absolute Gasteiger partial charge is 0.459 e. The second-order valence-corrected chi connectivity index (χ2v) is 9.58. The Kier molecular flexibility index (Phi) is 5.50. The molecular weight excluding hydrogens is 430 g/mol. The molecule has 9 nitrogen and oxygen atoms in total. The fraction of sp³-hybridized carbons (Fsp3) is 0.545. The Morgan fingerprint density at radius 2 is 1.91 bits per heavy atom. The molecule has 2 atom stereocenters.